The molecule has 0 bridgehead atoms. The molecular formula is C32H24N2. The van der Waals surface area contributed by atoms with Gasteiger partial charge in [-0.2, -0.15) is 0 Å². The first-order valence-corrected chi connectivity index (χ1v) is 11.9. The van der Waals surface area contributed by atoms with E-state index in [1.54, 1.807) is 0 Å². The Bertz CT molecular complexity index is 1510. The molecule has 0 spiro atoms. The molecule has 162 valence electrons. The minimum absolute atomic E-state index is 0.380. The zero-order valence-corrected chi connectivity index (χ0v) is 18.8. The topological polar surface area (TPSA) is 15.3 Å². The normalized spacial score (nSPS) is 17.4. The van der Waals surface area contributed by atoms with Crippen molar-refractivity contribution in [3.05, 3.63) is 131 Å². The molecule has 2 heteroatoms. The molecule has 7 rings (SSSR count). The van der Waals surface area contributed by atoms with Gasteiger partial charge in [-0.15, -0.1) is 0 Å². The quantitative estimate of drug-likeness (QED) is 0.299. The summed E-state index contributed by atoms with van der Waals surface area (Å²) in [4.78, 5) is 2.37. The van der Waals surface area contributed by atoms with Gasteiger partial charge in [-0.05, 0) is 76.7 Å². The monoisotopic (exact) mass is 436 g/mol. The average Bonchev–Trinajstić information content (AvgIpc) is 3.18. The van der Waals surface area contributed by atoms with Crippen molar-refractivity contribution in [2.45, 2.75) is 12.5 Å². The van der Waals surface area contributed by atoms with E-state index in [0.29, 0.717) is 6.04 Å². The predicted molar refractivity (Wildman–Crippen MR) is 144 cm³/mol. The Kier molecular flexibility index (Phi) is 4.31. The van der Waals surface area contributed by atoms with Crippen molar-refractivity contribution in [1.82, 2.24) is 0 Å². The molecule has 0 amide bonds. The van der Waals surface area contributed by atoms with Crippen molar-refractivity contribution < 1.29 is 0 Å². The number of hydrogen-bond acceptors (Lipinski definition) is 2. The van der Waals surface area contributed by atoms with Gasteiger partial charge >= 0.3 is 0 Å². The number of fused-ring (bicyclic) bond motifs is 5. The van der Waals surface area contributed by atoms with Gasteiger partial charge in [-0.3, -0.25) is 0 Å². The lowest BCUT2D eigenvalue weighted by molar-refractivity contribution is 0.931. The number of hydrogen-bond donors (Lipinski definition) is 1. The van der Waals surface area contributed by atoms with E-state index in [2.05, 4.69) is 132 Å². The smallest absolute Gasteiger partial charge is 0.0555 e. The summed E-state index contributed by atoms with van der Waals surface area (Å²) >= 11 is 0. The van der Waals surface area contributed by atoms with Crippen LogP contribution in [0.4, 0.5) is 22.7 Å². The van der Waals surface area contributed by atoms with Gasteiger partial charge < -0.3 is 10.2 Å². The summed E-state index contributed by atoms with van der Waals surface area (Å²) in [5, 5.41) is 3.67. The molecule has 3 aliphatic rings. The fourth-order valence-electron chi connectivity index (χ4n) is 5.42. The molecule has 0 radical (unpaired) electrons. The lowest BCUT2D eigenvalue weighted by Crippen LogP contribution is -2.15. The number of para-hydroxylation sites is 3. The first-order valence-electron chi connectivity index (χ1n) is 11.9. The summed E-state index contributed by atoms with van der Waals surface area (Å²) in [6.07, 6.45) is 10.2. The maximum Gasteiger partial charge on any atom is 0.0555 e. The highest BCUT2D eigenvalue weighted by atomic mass is 15.1. The molecule has 0 fully saturated rings. The Labute approximate surface area is 200 Å². The Morgan fingerprint density at radius 2 is 1.47 bits per heavy atom. The molecule has 34 heavy (non-hydrogen) atoms. The van der Waals surface area contributed by atoms with Crippen LogP contribution < -0.4 is 10.2 Å². The standard InChI is InChI=1S/C32H24N2/c1-2-9-26(10-3-1)34-31-13-7-4-8-22(31)14-15-25-20-23(17-19-32(25)34)24-16-18-30-28(21-24)27-11-5-6-12-29(27)33-30/h1-17,19-21,30,33H,18H2. The second-order valence-electron chi connectivity index (χ2n) is 9.07. The molecule has 0 saturated heterocycles. The van der Waals surface area contributed by atoms with Gasteiger partial charge in [-0.25, -0.2) is 0 Å². The van der Waals surface area contributed by atoms with Gasteiger partial charge in [0.05, 0.1) is 17.4 Å². The number of rotatable bonds is 2. The second kappa shape index (κ2) is 7.64. The Hall–Kier alpha value is -4.30. The van der Waals surface area contributed by atoms with E-state index >= 15 is 0 Å². The second-order valence-corrected chi connectivity index (χ2v) is 9.07. The Morgan fingerprint density at radius 1 is 0.706 bits per heavy atom. The first-order chi connectivity index (χ1) is 16.8. The highest BCUT2D eigenvalue weighted by molar-refractivity contribution is 5.98. The average molecular weight is 437 g/mol. The van der Waals surface area contributed by atoms with Crippen LogP contribution in [0.5, 0.6) is 0 Å². The van der Waals surface area contributed by atoms with Crippen LogP contribution in [0, 0.1) is 0 Å². The highest BCUT2D eigenvalue weighted by Gasteiger charge is 2.28. The van der Waals surface area contributed by atoms with Crippen molar-refractivity contribution in [2.24, 2.45) is 0 Å². The van der Waals surface area contributed by atoms with Crippen molar-refractivity contribution in [1.29, 1.82) is 0 Å². The summed E-state index contributed by atoms with van der Waals surface area (Å²) in [6.45, 7) is 0. The molecule has 1 N–H and O–H groups in total. The molecule has 0 aromatic heterocycles. The number of anilines is 4. The lowest BCUT2D eigenvalue weighted by atomic mass is 9.89. The van der Waals surface area contributed by atoms with E-state index in [1.165, 1.54) is 56.1 Å². The molecule has 0 saturated carbocycles. The summed E-state index contributed by atoms with van der Waals surface area (Å²) in [5.41, 5.74) is 12.6. The molecule has 2 heterocycles. The van der Waals surface area contributed by atoms with Crippen LogP contribution in [0.15, 0.2) is 109 Å². The molecular weight excluding hydrogens is 412 g/mol. The van der Waals surface area contributed by atoms with E-state index in [-0.39, 0.29) is 0 Å². The molecule has 2 aliphatic heterocycles. The molecule has 4 aromatic carbocycles. The largest absolute Gasteiger partial charge is 0.377 e. The fourth-order valence-corrected chi connectivity index (χ4v) is 5.42. The van der Waals surface area contributed by atoms with Gasteiger partial charge in [0, 0.05) is 16.9 Å². The van der Waals surface area contributed by atoms with Gasteiger partial charge in [0.2, 0.25) is 0 Å². The molecule has 1 aliphatic carbocycles. The first kappa shape index (κ1) is 19.2. The number of nitrogens with zero attached hydrogens (tertiary/aromatic N) is 1. The van der Waals surface area contributed by atoms with Crippen LogP contribution in [0.1, 0.15) is 28.7 Å². The van der Waals surface area contributed by atoms with Gasteiger partial charge in [0.1, 0.15) is 0 Å². The van der Waals surface area contributed by atoms with Gasteiger partial charge in [-0.1, -0.05) is 78.9 Å². The SMILES string of the molecule is C1=Cc2cc(C3=CCC4Nc5ccccc5C4=C3)ccc2N(c2ccccc2)c2ccccc21. The van der Waals surface area contributed by atoms with Crippen LogP contribution in [0.25, 0.3) is 23.3 Å². The third-order valence-corrected chi connectivity index (χ3v) is 7.06. The van der Waals surface area contributed by atoms with E-state index < -0.39 is 0 Å². The van der Waals surface area contributed by atoms with Crippen LogP contribution in [0.2, 0.25) is 0 Å². The van der Waals surface area contributed by atoms with Crippen LogP contribution in [-0.4, -0.2) is 6.04 Å². The van der Waals surface area contributed by atoms with Crippen LogP contribution in [0.3, 0.4) is 0 Å². The number of nitrogens with one attached hydrogen (secondary N) is 1. The van der Waals surface area contributed by atoms with Crippen molar-refractivity contribution in [3.8, 4) is 0 Å². The summed E-state index contributed by atoms with van der Waals surface area (Å²) in [5.74, 6) is 0. The Balaban J connectivity index is 1.34. The fraction of sp³-hybridized carbons (Fsp3) is 0.0625. The zero-order valence-electron chi connectivity index (χ0n) is 18.8. The third kappa shape index (κ3) is 3.03. The molecule has 1 atom stereocenters. The van der Waals surface area contributed by atoms with Crippen LogP contribution >= 0.6 is 0 Å². The zero-order chi connectivity index (χ0) is 22.5. The van der Waals surface area contributed by atoms with Crippen molar-refractivity contribution in [3.63, 3.8) is 0 Å². The number of benzene rings is 4. The van der Waals surface area contributed by atoms with E-state index in [9.17, 15) is 0 Å². The Morgan fingerprint density at radius 3 is 2.41 bits per heavy atom. The molecule has 1 unspecified atom stereocenters. The maximum absolute atomic E-state index is 3.67. The van der Waals surface area contributed by atoms with Gasteiger partial charge in [0.15, 0.2) is 0 Å². The van der Waals surface area contributed by atoms with E-state index in [0.717, 1.165) is 6.42 Å². The van der Waals surface area contributed by atoms with Crippen molar-refractivity contribution >= 4 is 46.0 Å². The minimum atomic E-state index is 0.380. The number of allylic oxidation sites excluding steroid dienone is 2. The van der Waals surface area contributed by atoms with Crippen LogP contribution in [-0.2, 0) is 0 Å². The highest BCUT2D eigenvalue weighted by Crippen LogP contribution is 2.44. The van der Waals surface area contributed by atoms with Gasteiger partial charge in [0.25, 0.3) is 0 Å². The third-order valence-electron chi connectivity index (χ3n) is 7.06. The van der Waals surface area contributed by atoms with Crippen molar-refractivity contribution in [2.75, 3.05) is 10.2 Å². The summed E-state index contributed by atoms with van der Waals surface area (Å²) in [7, 11) is 0. The van der Waals surface area contributed by atoms with E-state index in [1.807, 2.05) is 0 Å². The molecule has 2 nitrogen and oxygen atoms in total. The lowest BCUT2D eigenvalue weighted by Gasteiger charge is -2.27. The molecule has 4 aromatic rings. The van der Waals surface area contributed by atoms with E-state index in [4.69, 9.17) is 0 Å². The summed E-state index contributed by atoms with van der Waals surface area (Å²) < 4.78 is 0. The minimum Gasteiger partial charge on any atom is -0.377 e. The predicted octanol–water partition coefficient (Wildman–Crippen LogP) is 8.31. The maximum atomic E-state index is 3.67. The summed E-state index contributed by atoms with van der Waals surface area (Å²) in [6, 6.07) is 35.2.